The van der Waals surface area contributed by atoms with E-state index in [9.17, 15) is 18.0 Å². The molecule has 13 heteroatoms. The number of hydrogen-bond donors (Lipinski definition) is 2. The van der Waals surface area contributed by atoms with E-state index in [1.54, 1.807) is 48.4 Å². The molecular formula is C52H46BrN5O4S3. The van der Waals surface area contributed by atoms with Gasteiger partial charge in [0.25, 0.3) is 0 Å². The standard InChI is InChI=1S/C23H21NO2S2.C22H18N2OS.C7H7BrN2O/c1-16-7-10-21(11-8-16)28(25,26)15-24-17(2)18-9-12-23-20(13-18)14-19-5-3-4-6-22(19)27-23;1-14(18-8-10-22(23-13-18)24-15(2)25)16-7-9-21-19(11-16)12-17-5-3-4-6-20(17)26-21;1-5(11)10-7-3-2-6(8)4-9-7/h3-13H,14-15H2,1-2H3;3-11,13H,1,12H2,2H3,(H,23,24,25);2-4H,1H3,(H,9,10,11). The number of carbonyl (C=O) groups is 2. The summed E-state index contributed by atoms with van der Waals surface area (Å²) >= 11 is 6.84. The second-order valence-corrected chi connectivity index (χ2v) is 20.4. The zero-order valence-corrected chi connectivity index (χ0v) is 40.3. The van der Waals surface area contributed by atoms with Crippen LogP contribution in [0.1, 0.15) is 65.3 Å². The third-order valence-electron chi connectivity index (χ3n) is 10.3. The molecule has 2 amide bonds. The molecule has 0 radical (unpaired) electrons. The van der Waals surface area contributed by atoms with Crippen molar-refractivity contribution >= 4 is 84.0 Å². The van der Waals surface area contributed by atoms with Gasteiger partial charge in [0.05, 0.1) is 4.90 Å². The largest absolute Gasteiger partial charge is 0.311 e. The van der Waals surface area contributed by atoms with Crippen LogP contribution in [0.3, 0.4) is 0 Å². The number of nitrogens with one attached hydrogen (secondary N) is 2. The van der Waals surface area contributed by atoms with Crippen molar-refractivity contribution < 1.29 is 18.0 Å². The van der Waals surface area contributed by atoms with E-state index in [2.05, 4.69) is 127 Å². The van der Waals surface area contributed by atoms with Crippen LogP contribution < -0.4 is 10.6 Å². The molecule has 2 aliphatic heterocycles. The summed E-state index contributed by atoms with van der Waals surface area (Å²) in [4.78, 5) is 39.8. The van der Waals surface area contributed by atoms with Crippen molar-refractivity contribution in [2.24, 2.45) is 4.99 Å². The Kier molecular flexibility index (Phi) is 15.3. The van der Waals surface area contributed by atoms with E-state index in [-0.39, 0.29) is 17.7 Å². The number of hydrogen-bond acceptors (Lipinski definition) is 9. The first-order valence-electron chi connectivity index (χ1n) is 20.6. The minimum absolute atomic E-state index is 0.111. The number of amides is 2. The van der Waals surface area contributed by atoms with Crippen molar-refractivity contribution in [3.63, 3.8) is 0 Å². The molecule has 65 heavy (non-hydrogen) atoms. The lowest BCUT2D eigenvalue weighted by atomic mass is 9.96. The maximum atomic E-state index is 12.5. The van der Waals surface area contributed by atoms with Crippen LogP contribution in [0.15, 0.2) is 186 Å². The molecule has 9 nitrogen and oxygen atoms in total. The van der Waals surface area contributed by atoms with Gasteiger partial charge in [-0.2, -0.15) is 0 Å². The van der Waals surface area contributed by atoms with Gasteiger partial charge in [-0.15, -0.1) is 0 Å². The monoisotopic (exact) mass is 979 g/mol. The normalized spacial score (nSPS) is 12.3. The van der Waals surface area contributed by atoms with Crippen molar-refractivity contribution in [3.05, 3.63) is 201 Å². The zero-order chi connectivity index (χ0) is 46.1. The Labute approximate surface area is 397 Å². The lowest BCUT2D eigenvalue weighted by Crippen LogP contribution is -2.08. The molecule has 2 N–H and O–H groups in total. The Balaban J connectivity index is 0.000000158. The SMILES string of the molecule is C=C(c1ccc(NC(C)=O)nc1)c1ccc2c(c1)Cc1ccccc1S2.CC(=NCS(=O)(=O)c1ccc(C)cc1)c1ccc2c(c1)Cc1ccccc1S2.CC(=O)Nc1ccc(Br)cn1. The Bertz CT molecular complexity index is 3030. The summed E-state index contributed by atoms with van der Waals surface area (Å²) in [5.41, 5.74) is 11.0. The van der Waals surface area contributed by atoms with E-state index in [1.165, 1.54) is 55.7 Å². The van der Waals surface area contributed by atoms with Crippen LogP contribution in [0.5, 0.6) is 0 Å². The summed E-state index contributed by atoms with van der Waals surface area (Å²) in [5, 5.41) is 5.24. The van der Waals surface area contributed by atoms with E-state index in [0.29, 0.717) is 16.5 Å². The lowest BCUT2D eigenvalue weighted by Gasteiger charge is -2.20. The van der Waals surface area contributed by atoms with Crippen LogP contribution in [0, 0.1) is 6.92 Å². The maximum absolute atomic E-state index is 12.5. The number of aromatic nitrogens is 2. The summed E-state index contributed by atoms with van der Waals surface area (Å²) < 4.78 is 26.0. The Hall–Kier alpha value is -6.12. The first-order chi connectivity index (χ1) is 31.2. The topological polar surface area (TPSA) is 130 Å². The number of pyridine rings is 2. The van der Waals surface area contributed by atoms with Gasteiger partial charge in [0.2, 0.25) is 11.8 Å². The molecule has 0 atom stereocenters. The molecule has 0 spiro atoms. The van der Waals surface area contributed by atoms with Gasteiger partial charge in [-0.1, -0.05) is 96.3 Å². The van der Waals surface area contributed by atoms with Gasteiger partial charge in [-0.05, 0) is 154 Å². The molecule has 0 unspecified atom stereocenters. The summed E-state index contributed by atoms with van der Waals surface area (Å²) in [5.74, 6) is 0.640. The third kappa shape index (κ3) is 12.6. The van der Waals surface area contributed by atoms with Gasteiger partial charge in [-0.3, -0.25) is 14.6 Å². The lowest BCUT2D eigenvalue weighted by molar-refractivity contribution is -0.115. The molecule has 0 saturated carbocycles. The highest BCUT2D eigenvalue weighted by Crippen LogP contribution is 2.41. The molecular weight excluding hydrogens is 935 g/mol. The van der Waals surface area contributed by atoms with Crippen molar-refractivity contribution in [2.75, 3.05) is 16.5 Å². The fraction of sp³-hybridized carbons (Fsp3) is 0.135. The first kappa shape index (κ1) is 46.9. The smallest absolute Gasteiger partial charge is 0.222 e. The molecule has 5 aromatic carbocycles. The molecule has 328 valence electrons. The van der Waals surface area contributed by atoms with Crippen LogP contribution in [0.25, 0.3) is 5.57 Å². The number of sulfone groups is 1. The van der Waals surface area contributed by atoms with E-state index in [1.807, 2.05) is 55.9 Å². The Morgan fingerprint density at radius 1 is 0.631 bits per heavy atom. The highest BCUT2D eigenvalue weighted by atomic mass is 79.9. The number of aryl methyl sites for hydroxylation is 1. The zero-order valence-electron chi connectivity index (χ0n) is 36.3. The molecule has 0 bridgehead atoms. The van der Waals surface area contributed by atoms with E-state index in [0.717, 1.165) is 50.9 Å². The molecule has 9 rings (SSSR count). The number of anilines is 2. The second kappa shape index (κ2) is 21.2. The second-order valence-electron chi connectivity index (χ2n) is 15.4. The highest BCUT2D eigenvalue weighted by molar-refractivity contribution is 9.10. The van der Waals surface area contributed by atoms with Gasteiger partial charge in [0.15, 0.2) is 9.84 Å². The van der Waals surface area contributed by atoms with Crippen molar-refractivity contribution in [2.45, 2.75) is 65.0 Å². The van der Waals surface area contributed by atoms with Crippen molar-refractivity contribution in [1.29, 1.82) is 0 Å². The fourth-order valence-corrected chi connectivity index (χ4v) is 10.3. The van der Waals surface area contributed by atoms with Gasteiger partial charge < -0.3 is 10.6 Å². The van der Waals surface area contributed by atoms with Gasteiger partial charge >= 0.3 is 0 Å². The maximum Gasteiger partial charge on any atom is 0.222 e. The predicted molar refractivity (Wildman–Crippen MR) is 268 cm³/mol. The molecule has 0 saturated heterocycles. The van der Waals surface area contributed by atoms with Gasteiger partial charge in [0.1, 0.15) is 17.5 Å². The quantitative estimate of drug-likeness (QED) is 0.144. The number of benzene rings is 5. The summed E-state index contributed by atoms with van der Waals surface area (Å²) in [6, 6.07) is 44.0. The summed E-state index contributed by atoms with van der Waals surface area (Å²) in [7, 11) is -3.43. The molecule has 4 heterocycles. The molecule has 2 aliphatic rings. The van der Waals surface area contributed by atoms with Gasteiger partial charge in [0, 0.05) is 61.6 Å². The van der Waals surface area contributed by atoms with Crippen LogP contribution in [-0.4, -0.2) is 41.8 Å². The average molecular weight is 981 g/mol. The molecule has 0 aliphatic carbocycles. The number of aliphatic imine (C=N–C) groups is 1. The van der Waals surface area contributed by atoms with Crippen LogP contribution in [0.2, 0.25) is 0 Å². The molecule has 7 aromatic rings. The average Bonchev–Trinajstić information content (AvgIpc) is 3.30. The molecule has 2 aromatic heterocycles. The van der Waals surface area contributed by atoms with Crippen LogP contribution in [-0.2, 0) is 32.3 Å². The van der Waals surface area contributed by atoms with E-state index >= 15 is 0 Å². The van der Waals surface area contributed by atoms with Crippen LogP contribution >= 0.6 is 39.5 Å². The predicted octanol–water partition coefficient (Wildman–Crippen LogP) is 12.3. The van der Waals surface area contributed by atoms with Crippen molar-refractivity contribution in [1.82, 2.24) is 9.97 Å². The minimum atomic E-state index is -3.43. The summed E-state index contributed by atoms with van der Waals surface area (Å²) in [6.45, 7) is 11.0. The minimum Gasteiger partial charge on any atom is -0.311 e. The summed E-state index contributed by atoms with van der Waals surface area (Å²) in [6.07, 6.45) is 5.21. The van der Waals surface area contributed by atoms with Crippen molar-refractivity contribution in [3.8, 4) is 0 Å². The Morgan fingerprint density at radius 2 is 1.12 bits per heavy atom. The number of rotatable bonds is 8. The van der Waals surface area contributed by atoms with E-state index in [4.69, 9.17) is 0 Å². The van der Waals surface area contributed by atoms with E-state index < -0.39 is 9.84 Å². The third-order valence-corrected chi connectivity index (χ3v) is 14.7. The van der Waals surface area contributed by atoms with Crippen LogP contribution in [0.4, 0.5) is 11.6 Å². The number of nitrogens with zero attached hydrogens (tertiary/aromatic N) is 3. The van der Waals surface area contributed by atoms with Gasteiger partial charge in [-0.25, -0.2) is 18.4 Å². The molecule has 0 fully saturated rings. The first-order valence-corrected chi connectivity index (χ1v) is 24.7. The highest BCUT2D eigenvalue weighted by Gasteiger charge is 2.19. The number of carbonyl (C=O) groups excluding carboxylic acids is 2. The Morgan fingerprint density at radius 3 is 1.65 bits per heavy atom. The number of fused-ring (bicyclic) bond motifs is 4. The fourth-order valence-electron chi connectivity index (χ4n) is 6.91. The number of halogens is 1.